The van der Waals surface area contributed by atoms with Crippen LogP contribution in [0.5, 0.6) is 0 Å². The molecule has 1 aliphatic heterocycles. The predicted molar refractivity (Wildman–Crippen MR) is 133 cm³/mol. The molecule has 2 aromatic carbocycles. The minimum Gasteiger partial charge on any atom is -0.351 e. The van der Waals surface area contributed by atoms with Crippen molar-refractivity contribution < 1.29 is 8.91 Å². The Labute approximate surface area is 200 Å². The van der Waals surface area contributed by atoms with Crippen LogP contribution in [0, 0.1) is 5.82 Å². The van der Waals surface area contributed by atoms with Gasteiger partial charge in [0.05, 0.1) is 16.5 Å². The van der Waals surface area contributed by atoms with E-state index in [2.05, 4.69) is 41.7 Å². The minimum atomic E-state index is -0.303. The van der Waals surface area contributed by atoms with Crippen molar-refractivity contribution in [2.75, 3.05) is 4.90 Å². The molecule has 33 heavy (non-hydrogen) atoms. The Bertz CT molecular complexity index is 1310. The predicted octanol–water partition coefficient (Wildman–Crippen LogP) is 6.37. The van der Waals surface area contributed by atoms with Crippen LogP contribution >= 0.6 is 23.6 Å². The first-order valence-corrected chi connectivity index (χ1v) is 11.9. The van der Waals surface area contributed by atoms with Gasteiger partial charge in [-0.1, -0.05) is 42.4 Å². The maximum Gasteiger partial charge on any atom is 0.258 e. The lowest BCUT2D eigenvalue weighted by Crippen LogP contribution is -2.46. The average Bonchev–Trinajstić information content (AvgIpc) is 3.52. The van der Waals surface area contributed by atoms with Crippen LogP contribution < -0.4 is 10.2 Å². The second-order valence-corrected chi connectivity index (χ2v) is 9.02. The third kappa shape index (κ3) is 4.07. The van der Waals surface area contributed by atoms with Gasteiger partial charge in [-0.3, -0.25) is 4.90 Å². The summed E-state index contributed by atoms with van der Waals surface area (Å²) in [7, 11) is 0. The normalized spacial score (nSPS) is 16.3. The van der Waals surface area contributed by atoms with E-state index < -0.39 is 0 Å². The van der Waals surface area contributed by atoms with Crippen molar-refractivity contribution in [3.8, 4) is 10.7 Å². The molecule has 1 aliphatic rings. The SMILES string of the molecule is CCc1ccc(C2NC(=S)N(c3ccc(F)cc3)C(C)=C2c2nc(-c3cccs3)no2)cc1. The fraction of sp³-hybridized carbons (Fsp3) is 0.160. The van der Waals surface area contributed by atoms with Crippen molar-refractivity contribution in [1.82, 2.24) is 15.5 Å². The molecule has 0 saturated carbocycles. The van der Waals surface area contributed by atoms with E-state index in [1.54, 1.807) is 23.5 Å². The van der Waals surface area contributed by atoms with Gasteiger partial charge in [-0.15, -0.1) is 11.3 Å². The fourth-order valence-corrected chi connectivity index (χ4v) is 4.97. The number of thiophene rings is 1. The van der Waals surface area contributed by atoms with Crippen molar-refractivity contribution in [2.24, 2.45) is 0 Å². The smallest absolute Gasteiger partial charge is 0.258 e. The summed E-state index contributed by atoms with van der Waals surface area (Å²) in [4.78, 5) is 7.51. The maximum absolute atomic E-state index is 13.6. The molecule has 2 aromatic heterocycles. The van der Waals surface area contributed by atoms with E-state index >= 15 is 0 Å². The number of anilines is 1. The first kappa shape index (κ1) is 21.5. The van der Waals surface area contributed by atoms with Crippen LogP contribution in [-0.2, 0) is 6.42 Å². The van der Waals surface area contributed by atoms with E-state index in [1.165, 1.54) is 17.7 Å². The molecular weight excluding hydrogens is 455 g/mol. The molecule has 1 unspecified atom stereocenters. The first-order chi connectivity index (χ1) is 16.0. The molecular formula is C25H21FN4OS2. The molecule has 166 valence electrons. The highest BCUT2D eigenvalue weighted by molar-refractivity contribution is 7.80. The van der Waals surface area contributed by atoms with Crippen molar-refractivity contribution in [3.05, 3.63) is 94.6 Å². The minimum absolute atomic E-state index is 0.267. The summed E-state index contributed by atoms with van der Waals surface area (Å²) in [5, 5.41) is 10.1. The maximum atomic E-state index is 13.6. The van der Waals surface area contributed by atoms with Crippen LogP contribution in [0.3, 0.4) is 0 Å². The Morgan fingerprint density at radius 1 is 1.12 bits per heavy atom. The standard InChI is InChI=1S/C25H21FN4OS2/c1-3-16-6-8-17(9-7-16)22-21(24-28-23(29-31-24)20-5-4-14-33-20)15(2)30(25(32)27-22)19-12-10-18(26)11-13-19/h4-14,22H,3H2,1-2H3,(H,27,32). The van der Waals surface area contributed by atoms with Crippen molar-refractivity contribution in [1.29, 1.82) is 0 Å². The quantitative estimate of drug-likeness (QED) is 0.338. The van der Waals surface area contributed by atoms with Gasteiger partial charge in [0, 0.05) is 11.4 Å². The van der Waals surface area contributed by atoms with Gasteiger partial charge in [-0.05, 0) is 72.4 Å². The van der Waals surface area contributed by atoms with Gasteiger partial charge >= 0.3 is 0 Å². The van der Waals surface area contributed by atoms with Gasteiger partial charge in [0.2, 0.25) is 5.82 Å². The molecule has 1 atom stereocenters. The largest absolute Gasteiger partial charge is 0.351 e. The van der Waals surface area contributed by atoms with E-state index in [0.717, 1.165) is 33.8 Å². The number of allylic oxidation sites excluding steroid dienone is 1. The van der Waals surface area contributed by atoms with Crippen LogP contribution in [0.1, 0.15) is 36.9 Å². The van der Waals surface area contributed by atoms with Crippen LogP contribution in [-0.4, -0.2) is 15.3 Å². The molecule has 0 radical (unpaired) electrons. The topological polar surface area (TPSA) is 54.2 Å². The Hall–Kier alpha value is -3.36. The molecule has 8 heteroatoms. The highest BCUT2D eigenvalue weighted by atomic mass is 32.1. The number of rotatable bonds is 5. The summed E-state index contributed by atoms with van der Waals surface area (Å²) in [6, 6.07) is 18.3. The van der Waals surface area contributed by atoms with Gasteiger partial charge in [0.15, 0.2) is 5.11 Å². The van der Waals surface area contributed by atoms with Gasteiger partial charge in [0.1, 0.15) is 5.82 Å². The van der Waals surface area contributed by atoms with Gasteiger partial charge in [0.25, 0.3) is 5.89 Å². The molecule has 3 heterocycles. The van der Waals surface area contributed by atoms with Crippen molar-refractivity contribution in [2.45, 2.75) is 26.3 Å². The van der Waals surface area contributed by atoms with Crippen LogP contribution in [0.25, 0.3) is 16.3 Å². The summed E-state index contributed by atoms with van der Waals surface area (Å²) >= 11 is 7.29. The third-order valence-corrected chi connectivity index (χ3v) is 6.86. The third-order valence-electron chi connectivity index (χ3n) is 5.69. The summed E-state index contributed by atoms with van der Waals surface area (Å²) in [6.07, 6.45) is 0.963. The van der Waals surface area contributed by atoms with E-state index in [-0.39, 0.29) is 11.9 Å². The van der Waals surface area contributed by atoms with Crippen LogP contribution in [0.4, 0.5) is 10.1 Å². The molecule has 0 amide bonds. The van der Waals surface area contributed by atoms with Crippen molar-refractivity contribution >= 4 is 39.9 Å². The molecule has 0 fully saturated rings. The number of thiocarbonyl (C=S) groups is 1. The van der Waals surface area contributed by atoms with Crippen molar-refractivity contribution in [3.63, 3.8) is 0 Å². The Morgan fingerprint density at radius 3 is 2.55 bits per heavy atom. The lowest BCUT2D eigenvalue weighted by Gasteiger charge is -2.37. The second-order valence-electron chi connectivity index (χ2n) is 7.69. The van der Waals surface area contributed by atoms with Gasteiger partial charge in [-0.25, -0.2) is 4.39 Å². The number of nitrogens with one attached hydrogen (secondary N) is 1. The summed E-state index contributed by atoms with van der Waals surface area (Å²) in [5.74, 6) is 0.660. The molecule has 0 spiro atoms. The first-order valence-electron chi connectivity index (χ1n) is 10.6. The van der Waals surface area contributed by atoms with E-state index in [0.29, 0.717) is 16.8 Å². The lowest BCUT2D eigenvalue weighted by molar-refractivity contribution is 0.404. The molecule has 4 aromatic rings. The van der Waals surface area contributed by atoms with Crippen LogP contribution in [0.2, 0.25) is 0 Å². The Morgan fingerprint density at radius 2 is 1.88 bits per heavy atom. The Kier molecular flexibility index (Phi) is 5.78. The summed E-state index contributed by atoms with van der Waals surface area (Å²) < 4.78 is 19.3. The lowest BCUT2D eigenvalue weighted by atomic mass is 9.93. The highest BCUT2D eigenvalue weighted by Crippen LogP contribution is 2.39. The monoisotopic (exact) mass is 476 g/mol. The fourth-order valence-electron chi connectivity index (χ4n) is 3.96. The Balaban J connectivity index is 1.64. The average molecular weight is 477 g/mol. The number of benzene rings is 2. The number of hydrogen-bond donors (Lipinski definition) is 1. The molecule has 0 saturated heterocycles. The number of halogens is 1. The molecule has 5 nitrogen and oxygen atoms in total. The van der Waals surface area contributed by atoms with E-state index in [4.69, 9.17) is 21.7 Å². The van der Waals surface area contributed by atoms with E-state index in [1.807, 2.05) is 29.3 Å². The zero-order valence-electron chi connectivity index (χ0n) is 18.1. The number of nitrogens with zero attached hydrogens (tertiary/aromatic N) is 3. The highest BCUT2D eigenvalue weighted by Gasteiger charge is 2.34. The second kappa shape index (κ2) is 8.88. The zero-order valence-corrected chi connectivity index (χ0v) is 19.7. The summed E-state index contributed by atoms with van der Waals surface area (Å²) in [6.45, 7) is 4.10. The molecule has 0 aliphatic carbocycles. The molecule has 1 N–H and O–H groups in total. The number of hydrogen-bond acceptors (Lipinski definition) is 5. The zero-order chi connectivity index (χ0) is 22.9. The number of aromatic nitrogens is 2. The summed E-state index contributed by atoms with van der Waals surface area (Å²) in [5.41, 5.74) is 4.72. The van der Waals surface area contributed by atoms with E-state index in [9.17, 15) is 4.39 Å². The molecule has 5 rings (SSSR count). The van der Waals surface area contributed by atoms with Gasteiger partial charge < -0.3 is 9.84 Å². The molecule has 0 bridgehead atoms. The number of aryl methyl sites for hydroxylation is 1. The van der Waals surface area contributed by atoms with Gasteiger partial charge in [-0.2, -0.15) is 4.98 Å². The van der Waals surface area contributed by atoms with Crippen LogP contribution in [0.15, 0.2) is 76.3 Å².